The SMILES string of the molecule is Nc1cc(C(=O)O)c(O)c(O)c1O. The molecule has 1 aromatic carbocycles. The Bertz CT molecular complexity index is 374. The average molecular weight is 185 g/mol. The van der Waals surface area contributed by atoms with Gasteiger partial charge >= 0.3 is 5.97 Å². The first-order chi connectivity index (χ1) is 5.95. The summed E-state index contributed by atoms with van der Waals surface area (Å²) >= 11 is 0. The van der Waals surface area contributed by atoms with Crippen LogP contribution in [0.3, 0.4) is 0 Å². The number of phenols is 3. The van der Waals surface area contributed by atoms with Crippen LogP contribution in [0.2, 0.25) is 0 Å². The molecule has 6 N–H and O–H groups in total. The summed E-state index contributed by atoms with van der Waals surface area (Å²) in [6.45, 7) is 0. The maximum Gasteiger partial charge on any atom is 0.339 e. The molecule has 0 fully saturated rings. The van der Waals surface area contributed by atoms with Crippen LogP contribution < -0.4 is 5.73 Å². The number of carboxylic acids is 1. The van der Waals surface area contributed by atoms with Crippen LogP contribution >= 0.6 is 0 Å². The van der Waals surface area contributed by atoms with Gasteiger partial charge in [-0.2, -0.15) is 0 Å². The molecule has 0 unspecified atom stereocenters. The monoisotopic (exact) mass is 185 g/mol. The van der Waals surface area contributed by atoms with E-state index in [0.717, 1.165) is 6.07 Å². The van der Waals surface area contributed by atoms with Crippen LogP contribution in [0, 0.1) is 0 Å². The van der Waals surface area contributed by atoms with Gasteiger partial charge in [0, 0.05) is 0 Å². The molecular formula is C7H7NO5. The van der Waals surface area contributed by atoms with Gasteiger partial charge in [0.1, 0.15) is 5.56 Å². The lowest BCUT2D eigenvalue weighted by molar-refractivity contribution is 0.0693. The highest BCUT2D eigenvalue weighted by Gasteiger charge is 2.19. The maximum atomic E-state index is 10.4. The molecule has 13 heavy (non-hydrogen) atoms. The van der Waals surface area contributed by atoms with Gasteiger partial charge in [0.15, 0.2) is 11.5 Å². The van der Waals surface area contributed by atoms with Crippen molar-refractivity contribution in [3.8, 4) is 17.2 Å². The van der Waals surface area contributed by atoms with Gasteiger partial charge in [-0.05, 0) is 6.07 Å². The van der Waals surface area contributed by atoms with Crippen molar-refractivity contribution >= 4 is 11.7 Å². The summed E-state index contributed by atoms with van der Waals surface area (Å²) in [5.74, 6) is -4.02. The molecule has 0 aliphatic heterocycles. The van der Waals surface area contributed by atoms with Crippen LogP contribution in [-0.2, 0) is 0 Å². The van der Waals surface area contributed by atoms with Crippen molar-refractivity contribution in [1.29, 1.82) is 0 Å². The summed E-state index contributed by atoms with van der Waals surface area (Å²) in [5.41, 5.74) is 4.27. The molecule has 6 nitrogen and oxygen atoms in total. The van der Waals surface area contributed by atoms with E-state index in [1.54, 1.807) is 0 Å². The van der Waals surface area contributed by atoms with Crippen molar-refractivity contribution in [2.75, 3.05) is 5.73 Å². The van der Waals surface area contributed by atoms with Crippen molar-refractivity contribution in [3.63, 3.8) is 0 Å². The normalized spacial score (nSPS) is 9.85. The quantitative estimate of drug-likeness (QED) is 0.240. The van der Waals surface area contributed by atoms with Crippen molar-refractivity contribution in [1.82, 2.24) is 0 Å². The third-order valence-electron chi connectivity index (χ3n) is 1.51. The van der Waals surface area contributed by atoms with Crippen LogP contribution in [0.5, 0.6) is 17.2 Å². The third-order valence-corrected chi connectivity index (χ3v) is 1.51. The van der Waals surface area contributed by atoms with Crippen LogP contribution in [0.25, 0.3) is 0 Å². The molecule has 6 heteroatoms. The predicted octanol–water partition coefficient (Wildman–Crippen LogP) is 0.0838. The Morgan fingerprint density at radius 2 is 1.69 bits per heavy atom. The molecule has 0 aliphatic carbocycles. The maximum absolute atomic E-state index is 10.4. The predicted molar refractivity (Wildman–Crippen MR) is 42.8 cm³/mol. The van der Waals surface area contributed by atoms with Crippen LogP contribution in [0.1, 0.15) is 10.4 Å². The lowest BCUT2D eigenvalue weighted by Crippen LogP contribution is -1.99. The summed E-state index contributed by atoms with van der Waals surface area (Å²) in [7, 11) is 0. The second-order valence-corrected chi connectivity index (χ2v) is 2.36. The number of benzene rings is 1. The zero-order valence-electron chi connectivity index (χ0n) is 6.35. The van der Waals surface area contributed by atoms with E-state index in [-0.39, 0.29) is 5.69 Å². The highest BCUT2D eigenvalue weighted by Crippen LogP contribution is 2.41. The van der Waals surface area contributed by atoms with Gasteiger partial charge in [0.05, 0.1) is 5.69 Å². The minimum atomic E-state index is -1.44. The summed E-state index contributed by atoms with van der Waals surface area (Å²) in [4.78, 5) is 10.4. The minimum Gasteiger partial charge on any atom is -0.504 e. The Labute approximate surface area is 72.5 Å². The van der Waals surface area contributed by atoms with Gasteiger partial charge in [-0.15, -0.1) is 0 Å². The van der Waals surface area contributed by atoms with Crippen LogP contribution in [0.15, 0.2) is 6.07 Å². The molecule has 1 aromatic rings. The van der Waals surface area contributed by atoms with Gasteiger partial charge < -0.3 is 26.2 Å². The van der Waals surface area contributed by atoms with E-state index in [2.05, 4.69) is 0 Å². The number of hydrogen-bond donors (Lipinski definition) is 5. The molecule has 0 aromatic heterocycles. The topological polar surface area (TPSA) is 124 Å². The summed E-state index contributed by atoms with van der Waals surface area (Å²) < 4.78 is 0. The zero-order valence-corrected chi connectivity index (χ0v) is 6.35. The summed E-state index contributed by atoms with van der Waals surface area (Å²) in [6, 6.07) is 0.854. The molecule has 0 spiro atoms. The number of hydrogen-bond acceptors (Lipinski definition) is 5. The van der Waals surface area contributed by atoms with Gasteiger partial charge in [-0.1, -0.05) is 0 Å². The van der Waals surface area contributed by atoms with Crippen LogP contribution in [0.4, 0.5) is 5.69 Å². The number of phenolic OH excluding ortho intramolecular Hbond substituents is 2. The minimum absolute atomic E-state index is 0.312. The number of aromatic carboxylic acids is 1. The number of anilines is 1. The molecule has 0 amide bonds. The van der Waals surface area contributed by atoms with E-state index >= 15 is 0 Å². The summed E-state index contributed by atoms with van der Waals surface area (Å²) in [6.07, 6.45) is 0. The van der Waals surface area contributed by atoms with Gasteiger partial charge in [0.2, 0.25) is 5.75 Å². The van der Waals surface area contributed by atoms with E-state index < -0.39 is 28.8 Å². The highest BCUT2D eigenvalue weighted by molar-refractivity contribution is 5.94. The Hall–Kier alpha value is -2.11. The first-order valence-electron chi connectivity index (χ1n) is 3.21. The number of nitrogens with two attached hydrogens (primary N) is 1. The number of nitrogen functional groups attached to an aromatic ring is 1. The third kappa shape index (κ3) is 1.28. The highest BCUT2D eigenvalue weighted by atomic mass is 16.4. The van der Waals surface area contributed by atoms with Gasteiger partial charge in [-0.25, -0.2) is 4.79 Å². The van der Waals surface area contributed by atoms with Crippen molar-refractivity contribution in [2.24, 2.45) is 0 Å². The van der Waals surface area contributed by atoms with Crippen molar-refractivity contribution < 1.29 is 25.2 Å². The fraction of sp³-hybridized carbons (Fsp3) is 0. The second kappa shape index (κ2) is 2.74. The van der Waals surface area contributed by atoms with E-state index in [1.807, 2.05) is 0 Å². The Kier molecular flexibility index (Phi) is 1.89. The fourth-order valence-corrected chi connectivity index (χ4v) is 0.832. The molecule has 0 bridgehead atoms. The zero-order chi connectivity index (χ0) is 10.2. The van der Waals surface area contributed by atoms with E-state index in [1.165, 1.54) is 0 Å². The second-order valence-electron chi connectivity index (χ2n) is 2.36. The summed E-state index contributed by atoms with van der Waals surface area (Å²) in [5, 5.41) is 35.5. The van der Waals surface area contributed by atoms with E-state index in [4.69, 9.17) is 26.2 Å². The van der Waals surface area contributed by atoms with Gasteiger partial charge in [0.25, 0.3) is 0 Å². The van der Waals surface area contributed by atoms with Crippen molar-refractivity contribution in [3.05, 3.63) is 11.6 Å². The lowest BCUT2D eigenvalue weighted by Gasteiger charge is -2.06. The van der Waals surface area contributed by atoms with E-state index in [9.17, 15) is 4.79 Å². The smallest absolute Gasteiger partial charge is 0.339 e. The molecule has 0 aliphatic rings. The first-order valence-corrected chi connectivity index (χ1v) is 3.21. The molecular weight excluding hydrogens is 178 g/mol. The molecule has 0 atom stereocenters. The van der Waals surface area contributed by atoms with Crippen LogP contribution in [-0.4, -0.2) is 26.4 Å². The molecule has 0 radical (unpaired) electrons. The van der Waals surface area contributed by atoms with Crippen molar-refractivity contribution in [2.45, 2.75) is 0 Å². The largest absolute Gasteiger partial charge is 0.504 e. The Morgan fingerprint density at radius 1 is 1.15 bits per heavy atom. The number of rotatable bonds is 1. The standard InChI is InChI=1S/C7H7NO5/c8-3-1-2(7(12)13)4(9)6(11)5(3)10/h1,9-11H,8H2,(H,12,13). The molecule has 1 rings (SSSR count). The molecule has 0 heterocycles. The number of carboxylic acid groups (broad SMARTS) is 1. The number of aromatic hydroxyl groups is 3. The number of carbonyl (C=O) groups is 1. The Balaban J connectivity index is 3.50. The average Bonchev–Trinajstić information content (AvgIpc) is 2.07. The Morgan fingerprint density at radius 3 is 2.15 bits per heavy atom. The van der Waals surface area contributed by atoms with Gasteiger partial charge in [-0.3, -0.25) is 0 Å². The fourth-order valence-electron chi connectivity index (χ4n) is 0.832. The first kappa shape index (κ1) is 8.98. The molecule has 0 saturated carbocycles. The molecule has 70 valence electrons. The molecule has 0 saturated heterocycles. The lowest BCUT2D eigenvalue weighted by atomic mass is 10.1. The van der Waals surface area contributed by atoms with E-state index in [0.29, 0.717) is 0 Å².